The molecule has 1 aliphatic heterocycles. The fourth-order valence-electron chi connectivity index (χ4n) is 2.46. The first-order valence-corrected chi connectivity index (χ1v) is 9.22. The number of esters is 1. The third-order valence-corrected chi connectivity index (χ3v) is 5.76. The summed E-state index contributed by atoms with van der Waals surface area (Å²) in [5.41, 5.74) is -0.0444. The summed E-state index contributed by atoms with van der Waals surface area (Å²) in [5.74, 6) is -0.533. The van der Waals surface area contributed by atoms with E-state index in [1.165, 1.54) is 10.4 Å². The van der Waals surface area contributed by atoms with Crippen LogP contribution in [0.5, 0.6) is 0 Å². The van der Waals surface area contributed by atoms with Gasteiger partial charge in [0.25, 0.3) is 0 Å². The van der Waals surface area contributed by atoms with Gasteiger partial charge in [0.05, 0.1) is 0 Å². The van der Waals surface area contributed by atoms with E-state index >= 15 is 0 Å². The van der Waals surface area contributed by atoms with Gasteiger partial charge in [-0.3, -0.25) is 4.79 Å². The second-order valence-corrected chi connectivity index (χ2v) is 8.77. The zero-order chi connectivity index (χ0) is 17.4. The summed E-state index contributed by atoms with van der Waals surface area (Å²) >= 11 is 5.99. The topological polar surface area (TPSA) is 76.6 Å². The third-order valence-electron chi connectivity index (χ3n) is 3.42. The Bertz CT molecular complexity index is 713. The van der Waals surface area contributed by atoms with E-state index in [0.717, 1.165) is 0 Å². The van der Waals surface area contributed by atoms with E-state index in [1.807, 2.05) is 0 Å². The zero-order valence-electron chi connectivity index (χ0n) is 13.7. The maximum atomic E-state index is 12.8. The van der Waals surface area contributed by atoms with Gasteiger partial charge in [-0.05, 0) is 52.7 Å². The molecule has 0 spiro atoms. The second kappa shape index (κ2) is 6.37. The molecular formula is C15H21ClN2O4S. The summed E-state index contributed by atoms with van der Waals surface area (Å²) in [6, 6.07) is 2.18. The highest BCUT2D eigenvalue weighted by Gasteiger charge is 2.42. The lowest BCUT2D eigenvalue weighted by Gasteiger charge is -2.27. The quantitative estimate of drug-likeness (QED) is 0.611. The van der Waals surface area contributed by atoms with Gasteiger partial charge in [-0.15, -0.1) is 0 Å². The van der Waals surface area contributed by atoms with Crippen LogP contribution in [0.4, 0.5) is 0 Å². The Morgan fingerprint density at radius 2 is 2.04 bits per heavy atom. The first-order chi connectivity index (χ1) is 10.5. The molecular weight excluding hydrogens is 340 g/mol. The number of ether oxygens (including phenoxy) is 1. The molecule has 1 aliphatic rings. The predicted molar refractivity (Wildman–Crippen MR) is 86.7 cm³/mol. The van der Waals surface area contributed by atoms with Gasteiger partial charge in [-0.25, -0.2) is 13.4 Å². The van der Waals surface area contributed by atoms with Crippen molar-refractivity contribution in [1.29, 1.82) is 0 Å². The van der Waals surface area contributed by atoms with Crippen molar-refractivity contribution in [2.45, 2.75) is 57.1 Å². The second-order valence-electron chi connectivity index (χ2n) is 6.55. The van der Waals surface area contributed by atoms with Gasteiger partial charge >= 0.3 is 5.97 Å². The predicted octanol–water partition coefficient (Wildman–Crippen LogP) is 2.54. The molecule has 1 atom stereocenters. The van der Waals surface area contributed by atoms with Crippen molar-refractivity contribution in [2.75, 3.05) is 6.54 Å². The van der Waals surface area contributed by atoms with Crippen LogP contribution in [0.15, 0.2) is 17.0 Å². The molecule has 8 heteroatoms. The van der Waals surface area contributed by atoms with E-state index in [9.17, 15) is 13.2 Å². The standard InChI is InChI=1S/C15H21ClN2O4S/c1-10-7-8-12(13(16)17-10)23(20,21)18-9-5-6-11(18)14(19)22-15(2,3)4/h7-8,11H,5-6,9H2,1-4H3/t11-/m0/s1. The largest absolute Gasteiger partial charge is 0.459 e. The van der Waals surface area contributed by atoms with Gasteiger partial charge in [0.1, 0.15) is 21.7 Å². The van der Waals surface area contributed by atoms with E-state index in [2.05, 4.69) is 4.98 Å². The van der Waals surface area contributed by atoms with Crippen LogP contribution >= 0.6 is 11.6 Å². The van der Waals surface area contributed by atoms with Crippen molar-refractivity contribution in [3.8, 4) is 0 Å². The number of pyridine rings is 1. The van der Waals surface area contributed by atoms with Crippen molar-refractivity contribution in [3.63, 3.8) is 0 Å². The molecule has 0 N–H and O–H groups in total. The van der Waals surface area contributed by atoms with Crippen LogP contribution in [0.2, 0.25) is 5.15 Å². The Morgan fingerprint density at radius 3 is 2.61 bits per heavy atom. The van der Waals surface area contributed by atoms with E-state index in [4.69, 9.17) is 16.3 Å². The summed E-state index contributed by atoms with van der Waals surface area (Å²) in [7, 11) is -3.90. The molecule has 23 heavy (non-hydrogen) atoms. The smallest absolute Gasteiger partial charge is 0.324 e. The lowest BCUT2D eigenvalue weighted by Crippen LogP contribution is -2.43. The number of carbonyl (C=O) groups is 1. The molecule has 0 aliphatic carbocycles. The zero-order valence-corrected chi connectivity index (χ0v) is 15.2. The summed E-state index contributed by atoms with van der Waals surface area (Å²) < 4.78 is 32.2. The molecule has 2 rings (SSSR count). The van der Waals surface area contributed by atoms with Crippen molar-refractivity contribution in [3.05, 3.63) is 23.0 Å². The molecule has 6 nitrogen and oxygen atoms in total. The van der Waals surface area contributed by atoms with Crippen LogP contribution in [0.25, 0.3) is 0 Å². The highest BCUT2D eigenvalue weighted by atomic mass is 35.5. The van der Waals surface area contributed by atoms with Crippen molar-refractivity contribution in [1.82, 2.24) is 9.29 Å². The van der Waals surface area contributed by atoms with Crippen LogP contribution in [0.3, 0.4) is 0 Å². The van der Waals surface area contributed by atoms with E-state index < -0.39 is 27.6 Å². The van der Waals surface area contributed by atoms with E-state index in [-0.39, 0.29) is 16.6 Å². The maximum Gasteiger partial charge on any atom is 0.324 e. The molecule has 0 bridgehead atoms. The fourth-order valence-corrected chi connectivity index (χ4v) is 4.60. The molecule has 1 saturated heterocycles. The van der Waals surface area contributed by atoms with E-state index in [1.54, 1.807) is 33.8 Å². The minimum absolute atomic E-state index is 0.0831. The van der Waals surface area contributed by atoms with Crippen LogP contribution in [0, 0.1) is 6.92 Å². The molecule has 2 heterocycles. The van der Waals surface area contributed by atoms with Crippen LogP contribution in [-0.2, 0) is 19.6 Å². The van der Waals surface area contributed by atoms with Crippen LogP contribution in [-0.4, -0.2) is 41.9 Å². The number of nitrogens with zero attached hydrogens (tertiary/aromatic N) is 2. The Kier molecular flexibility index (Phi) is 5.03. The number of carbonyl (C=O) groups excluding carboxylic acids is 1. The average Bonchev–Trinajstić information content (AvgIpc) is 2.85. The molecule has 1 aromatic rings. The summed E-state index contributed by atoms with van der Waals surface area (Å²) in [5, 5.41) is -0.0835. The Balaban J connectivity index is 2.33. The van der Waals surface area contributed by atoms with Gasteiger partial charge in [0.15, 0.2) is 0 Å². The van der Waals surface area contributed by atoms with Gasteiger partial charge in [-0.2, -0.15) is 4.31 Å². The lowest BCUT2D eigenvalue weighted by atomic mass is 10.2. The van der Waals surface area contributed by atoms with Gasteiger partial charge in [0, 0.05) is 12.2 Å². The molecule has 0 amide bonds. The van der Waals surface area contributed by atoms with Crippen LogP contribution < -0.4 is 0 Å². The minimum Gasteiger partial charge on any atom is -0.459 e. The Morgan fingerprint density at radius 1 is 1.39 bits per heavy atom. The van der Waals surface area contributed by atoms with Crippen molar-refractivity contribution >= 4 is 27.6 Å². The summed E-state index contributed by atoms with van der Waals surface area (Å²) in [6.07, 6.45) is 1.03. The van der Waals surface area contributed by atoms with E-state index in [0.29, 0.717) is 18.5 Å². The number of hydrogen-bond donors (Lipinski definition) is 0. The average molecular weight is 361 g/mol. The Labute approximate surface area is 141 Å². The molecule has 0 aromatic carbocycles. The lowest BCUT2D eigenvalue weighted by molar-refractivity contribution is -0.158. The first kappa shape index (κ1) is 18.2. The van der Waals surface area contributed by atoms with Crippen molar-refractivity contribution < 1.29 is 17.9 Å². The van der Waals surface area contributed by atoms with Crippen LogP contribution in [0.1, 0.15) is 39.3 Å². The van der Waals surface area contributed by atoms with Gasteiger partial charge < -0.3 is 4.74 Å². The monoisotopic (exact) mass is 360 g/mol. The number of hydrogen-bond acceptors (Lipinski definition) is 5. The SMILES string of the molecule is Cc1ccc(S(=O)(=O)N2CCC[C@H]2C(=O)OC(C)(C)C)c(Cl)n1. The number of rotatable bonds is 3. The molecule has 0 saturated carbocycles. The van der Waals surface area contributed by atoms with Crippen molar-refractivity contribution in [2.24, 2.45) is 0 Å². The number of sulfonamides is 1. The first-order valence-electron chi connectivity index (χ1n) is 7.40. The Hall–Kier alpha value is -1.18. The highest BCUT2D eigenvalue weighted by molar-refractivity contribution is 7.89. The third kappa shape index (κ3) is 4.02. The normalized spacial score (nSPS) is 19.8. The number of aryl methyl sites for hydroxylation is 1. The molecule has 0 radical (unpaired) electrons. The highest BCUT2D eigenvalue weighted by Crippen LogP contribution is 2.30. The summed E-state index contributed by atoms with van der Waals surface area (Å²) in [4.78, 5) is 16.2. The minimum atomic E-state index is -3.90. The summed E-state index contributed by atoms with van der Waals surface area (Å²) in [6.45, 7) is 7.23. The molecule has 128 valence electrons. The molecule has 1 fully saturated rings. The number of aromatic nitrogens is 1. The fraction of sp³-hybridized carbons (Fsp3) is 0.600. The van der Waals surface area contributed by atoms with Gasteiger partial charge in [0.2, 0.25) is 10.0 Å². The van der Waals surface area contributed by atoms with Gasteiger partial charge in [-0.1, -0.05) is 11.6 Å². The maximum absolute atomic E-state index is 12.8. The number of halogens is 1. The molecule has 1 aromatic heterocycles. The molecule has 0 unspecified atom stereocenters.